The van der Waals surface area contributed by atoms with Gasteiger partial charge in [-0.2, -0.15) is 4.73 Å². The highest BCUT2D eigenvalue weighted by atomic mass is 16.6. The summed E-state index contributed by atoms with van der Waals surface area (Å²) in [5.74, 6) is 0. The normalized spacial score (nSPS) is 8.93. The van der Waals surface area contributed by atoms with Crippen LogP contribution in [0.15, 0.2) is 36.5 Å². The first-order chi connectivity index (χ1) is 6.83. The molecule has 2 aromatic rings. The molecule has 1 aromatic carbocycles. The number of amides is 1. The van der Waals surface area contributed by atoms with Crippen LogP contribution in [-0.2, 0) is 4.79 Å². The molecule has 2 N–H and O–H groups in total. The smallest absolute Gasteiger partial charge is 0.204 e. The highest BCUT2D eigenvalue weighted by Crippen LogP contribution is 2.12. The Balaban J connectivity index is 0.000000293. The minimum absolute atomic E-state index is 0.250. The lowest BCUT2D eigenvalue weighted by atomic mass is 10.3. The first-order valence-electron chi connectivity index (χ1n) is 4.09. The van der Waals surface area contributed by atoms with Crippen LogP contribution in [0.1, 0.15) is 0 Å². The van der Waals surface area contributed by atoms with Gasteiger partial charge in [0.05, 0.1) is 5.52 Å². The average molecular weight is 192 g/mol. The Labute approximate surface area is 81.8 Å². The van der Waals surface area contributed by atoms with Gasteiger partial charge in [0, 0.05) is 11.6 Å². The molecule has 2 rings (SSSR count). The van der Waals surface area contributed by atoms with E-state index in [1.165, 1.54) is 5.39 Å². The summed E-state index contributed by atoms with van der Waals surface area (Å²) in [5.41, 5.74) is 5.27. The molecule has 0 radical (unpaired) electrons. The predicted octanol–water partition coefficient (Wildman–Crippen LogP) is 0.801. The van der Waals surface area contributed by atoms with Gasteiger partial charge >= 0.3 is 0 Å². The van der Waals surface area contributed by atoms with Crippen LogP contribution in [0.25, 0.3) is 10.9 Å². The molecular formula is C10H12N2O2. The molecule has 0 saturated carbocycles. The van der Waals surface area contributed by atoms with Crippen LogP contribution in [-0.4, -0.2) is 18.3 Å². The number of fused-ring (bicyclic) bond motifs is 1. The second-order valence-electron chi connectivity index (χ2n) is 2.52. The van der Waals surface area contributed by atoms with E-state index < -0.39 is 0 Å². The third-order valence-electron chi connectivity index (χ3n) is 1.76. The SMILES string of the molecule is COn1ccc2ccccc21.NC=O. The van der Waals surface area contributed by atoms with Crippen LogP contribution in [0.3, 0.4) is 0 Å². The summed E-state index contributed by atoms with van der Waals surface area (Å²) in [5, 5.41) is 1.20. The van der Waals surface area contributed by atoms with E-state index >= 15 is 0 Å². The Kier molecular flexibility index (Phi) is 3.55. The van der Waals surface area contributed by atoms with Gasteiger partial charge in [0.1, 0.15) is 7.11 Å². The minimum Gasteiger partial charge on any atom is -0.417 e. The van der Waals surface area contributed by atoms with Gasteiger partial charge < -0.3 is 10.6 Å². The number of aromatic nitrogens is 1. The summed E-state index contributed by atoms with van der Waals surface area (Å²) >= 11 is 0. The molecule has 4 nitrogen and oxygen atoms in total. The third-order valence-corrected chi connectivity index (χ3v) is 1.76. The Morgan fingerprint density at radius 1 is 1.36 bits per heavy atom. The summed E-state index contributed by atoms with van der Waals surface area (Å²) in [6.45, 7) is 0. The van der Waals surface area contributed by atoms with Gasteiger partial charge in [0.2, 0.25) is 6.41 Å². The van der Waals surface area contributed by atoms with E-state index in [-0.39, 0.29) is 6.41 Å². The lowest BCUT2D eigenvalue weighted by Gasteiger charge is -2.00. The van der Waals surface area contributed by atoms with Crippen LogP contribution in [0, 0.1) is 0 Å². The number of hydrogen-bond donors (Lipinski definition) is 1. The molecule has 0 saturated heterocycles. The van der Waals surface area contributed by atoms with E-state index in [1.807, 2.05) is 30.5 Å². The zero-order chi connectivity index (χ0) is 10.4. The molecule has 74 valence electrons. The summed E-state index contributed by atoms with van der Waals surface area (Å²) < 4.78 is 1.75. The van der Waals surface area contributed by atoms with Crippen molar-refractivity contribution in [2.24, 2.45) is 5.73 Å². The molecule has 0 unspecified atom stereocenters. The molecule has 1 amide bonds. The zero-order valence-corrected chi connectivity index (χ0v) is 7.88. The van der Waals surface area contributed by atoms with Crippen molar-refractivity contribution in [1.29, 1.82) is 0 Å². The summed E-state index contributed by atoms with van der Waals surface area (Å²) in [6.07, 6.45) is 2.16. The lowest BCUT2D eigenvalue weighted by molar-refractivity contribution is -0.106. The maximum Gasteiger partial charge on any atom is 0.204 e. The predicted molar refractivity (Wildman–Crippen MR) is 54.7 cm³/mol. The average Bonchev–Trinajstić information content (AvgIpc) is 2.62. The maximum atomic E-state index is 8.58. The van der Waals surface area contributed by atoms with Crippen molar-refractivity contribution in [2.45, 2.75) is 0 Å². The summed E-state index contributed by atoms with van der Waals surface area (Å²) in [7, 11) is 1.66. The van der Waals surface area contributed by atoms with Gasteiger partial charge in [0.25, 0.3) is 0 Å². The molecular weight excluding hydrogens is 180 g/mol. The number of rotatable bonds is 1. The lowest BCUT2D eigenvalue weighted by Crippen LogP contribution is -2.02. The molecule has 0 spiro atoms. The molecule has 0 aliphatic rings. The van der Waals surface area contributed by atoms with Crippen LogP contribution >= 0.6 is 0 Å². The number of nitrogens with two attached hydrogens (primary N) is 1. The third kappa shape index (κ3) is 2.04. The van der Waals surface area contributed by atoms with Gasteiger partial charge in [-0.1, -0.05) is 18.2 Å². The zero-order valence-electron chi connectivity index (χ0n) is 7.88. The van der Waals surface area contributed by atoms with E-state index in [1.54, 1.807) is 11.8 Å². The molecule has 0 aliphatic carbocycles. The van der Waals surface area contributed by atoms with Crippen molar-refractivity contribution >= 4 is 17.3 Å². The molecule has 0 bridgehead atoms. The van der Waals surface area contributed by atoms with Crippen molar-refractivity contribution in [3.8, 4) is 0 Å². The molecule has 4 heteroatoms. The van der Waals surface area contributed by atoms with Crippen molar-refractivity contribution in [3.05, 3.63) is 36.5 Å². The number of para-hydroxylation sites is 1. The van der Waals surface area contributed by atoms with Gasteiger partial charge in [-0.3, -0.25) is 4.79 Å². The standard InChI is InChI=1S/C9H9NO.CH3NO/c1-11-10-7-6-8-4-2-3-5-9(8)10;2-1-3/h2-7H,1H3;1H,(H2,2,3). The number of hydrogen-bond acceptors (Lipinski definition) is 2. The second kappa shape index (κ2) is 4.91. The van der Waals surface area contributed by atoms with Gasteiger partial charge in [-0.25, -0.2) is 0 Å². The molecule has 14 heavy (non-hydrogen) atoms. The topological polar surface area (TPSA) is 57.2 Å². The number of primary amides is 1. The number of carbonyl (C=O) groups excluding carboxylic acids is 1. The first kappa shape index (κ1) is 10.1. The Morgan fingerprint density at radius 2 is 2.00 bits per heavy atom. The molecule has 0 fully saturated rings. The number of carbonyl (C=O) groups is 1. The molecule has 1 aromatic heterocycles. The van der Waals surface area contributed by atoms with Crippen LogP contribution in [0.4, 0.5) is 0 Å². The Morgan fingerprint density at radius 3 is 2.64 bits per heavy atom. The fraction of sp³-hybridized carbons (Fsp3) is 0.100. The quantitative estimate of drug-likeness (QED) is 0.679. The largest absolute Gasteiger partial charge is 0.417 e. The fourth-order valence-corrected chi connectivity index (χ4v) is 1.22. The van der Waals surface area contributed by atoms with Gasteiger partial charge in [-0.15, -0.1) is 0 Å². The van der Waals surface area contributed by atoms with Gasteiger partial charge in [0.15, 0.2) is 0 Å². The number of nitrogens with zero attached hydrogens (tertiary/aromatic N) is 1. The van der Waals surface area contributed by atoms with Crippen molar-refractivity contribution in [3.63, 3.8) is 0 Å². The van der Waals surface area contributed by atoms with Crippen molar-refractivity contribution in [1.82, 2.24) is 4.73 Å². The van der Waals surface area contributed by atoms with Crippen molar-refractivity contribution in [2.75, 3.05) is 7.11 Å². The molecule has 0 atom stereocenters. The monoisotopic (exact) mass is 192 g/mol. The van der Waals surface area contributed by atoms with Crippen LogP contribution in [0.5, 0.6) is 0 Å². The summed E-state index contributed by atoms with van der Waals surface area (Å²) in [4.78, 5) is 13.7. The summed E-state index contributed by atoms with van der Waals surface area (Å²) in [6, 6.07) is 10.1. The first-order valence-corrected chi connectivity index (χ1v) is 4.09. The van der Waals surface area contributed by atoms with Crippen molar-refractivity contribution < 1.29 is 9.63 Å². The van der Waals surface area contributed by atoms with E-state index in [2.05, 4.69) is 11.8 Å². The molecule has 1 heterocycles. The highest BCUT2D eigenvalue weighted by molar-refractivity contribution is 5.79. The second-order valence-corrected chi connectivity index (χ2v) is 2.52. The molecule has 0 aliphatic heterocycles. The van der Waals surface area contributed by atoms with Gasteiger partial charge in [-0.05, 0) is 12.1 Å². The maximum absolute atomic E-state index is 8.58. The highest BCUT2D eigenvalue weighted by Gasteiger charge is 1.96. The van der Waals surface area contributed by atoms with E-state index in [4.69, 9.17) is 9.63 Å². The number of benzene rings is 1. The van der Waals surface area contributed by atoms with E-state index in [0.717, 1.165) is 5.52 Å². The van der Waals surface area contributed by atoms with E-state index in [9.17, 15) is 0 Å². The fourth-order valence-electron chi connectivity index (χ4n) is 1.22. The van der Waals surface area contributed by atoms with E-state index in [0.29, 0.717) is 0 Å². The Bertz CT molecular complexity index is 409. The Hall–Kier alpha value is -1.97. The minimum atomic E-state index is 0.250. The van der Waals surface area contributed by atoms with Crippen LogP contribution in [0.2, 0.25) is 0 Å². The van der Waals surface area contributed by atoms with Crippen LogP contribution < -0.4 is 10.6 Å².